The molecule has 1 aliphatic carbocycles. The largest absolute Gasteiger partial charge is 0.490 e. The summed E-state index contributed by atoms with van der Waals surface area (Å²) in [5.41, 5.74) is 0.840. The molecule has 16 heavy (non-hydrogen) atoms. The van der Waals surface area contributed by atoms with Gasteiger partial charge in [0.25, 0.3) is 0 Å². The highest BCUT2D eigenvalue weighted by Crippen LogP contribution is 2.29. The molecule has 2 atom stereocenters. The molecule has 1 aromatic rings. The summed E-state index contributed by atoms with van der Waals surface area (Å²) in [7, 11) is 1.60. The molecule has 0 saturated heterocycles. The number of benzene rings is 1. The Morgan fingerprint density at radius 2 is 2.12 bits per heavy atom. The highest BCUT2D eigenvalue weighted by Gasteiger charge is 2.24. The van der Waals surface area contributed by atoms with Crippen molar-refractivity contribution in [2.45, 2.75) is 38.1 Å². The van der Waals surface area contributed by atoms with Crippen LogP contribution in [-0.2, 0) is 4.74 Å². The van der Waals surface area contributed by atoms with Crippen molar-refractivity contribution < 1.29 is 14.6 Å². The first kappa shape index (κ1) is 11.4. The van der Waals surface area contributed by atoms with Gasteiger partial charge in [0.1, 0.15) is 11.9 Å². The normalized spacial score (nSPS) is 19.2. The molecule has 3 heteroatoms. The Kier molecular flexibility index (Phi) is 3.46. The van der Waals surface area contributed by atoms with Crippen LogP contribution in [0.1, 0.15) is 31.4 Å². The zero-order valence-electron chi connectivity index (χ0n) is 9.72. The maximum Gasteiger partial charge on any atom is 0.120 e. The molecule has 0 spiro atoms. The summed E-state index contributed by atoms with van der Waals surface area (Å²) in [5.74, 6) is 0.836. The van der Waals surface area contributed by atoms with Gasteiger partial charge >= 0.3 is 0 Å². The van der Waals surface area contributed by atoms with E-state index in [1.807, 2.05) is 31.2 Å². The second-order valence-corrected chi connectivity index (χ2v) is 4.28. The molecule has 0 aromatic heterocycles. The lowest BCUT2D eigenvalue weighted by Crippen LogP contribution is -2.16. The van der Waals surface area contributed by atoms with Crippen LogP contribution in [-0.4, -0.2) is 24.4 Å². The van der Waals surface area contributed by atoms with Gasteiger partial charge in [-0.2, -0.15) is 0 Å². The van der Waals surface area contributed by atoms with Crippen LogP contribution in [0.5, 0.6) is 5.75 Å². The summed E-state index contributed by atoms with van der Waals surface area (Å²) in [6.45, 7) is 1.85. The molecular weight excluding hydrogens is 204 g/mol. The molecule has 1 aliphatic rings. The zero-order valence-corrected chi connectivity index (χ0v) is 9.72. The Balaban J connectivity index is 2.07. The highest BCUT2D eigenvalue weighted by molar-refractivity contribution is 5.30. The van der Waals surface area contributed by atoms with E-state index >= 15 is 0 Å². The maximum atomic E-state index is 9.98. The molecule has 0 amide bonds. The van der Waals surface area contributed by atoms with Crippen molar-refractivity contribution >= 4 is 0 Å². The second-order valence-electron chi connectivity index (χ2n) is 4.28. The molecule has 0 heterocycles. The van der Waals surface area contributed by atoms with E-state index in [0.717, 1.165) is 24.2 Å². The molecule has 0 bridgehead atoms. The van der Waals surface area contributed by atoms with E-state index in [4.69, 9.17) is 9.47 Å². The van der Waals surface area contributed by atoms with Crippen molar-refractivity contribution in [2.24, 2.45) is 0 Å². The summed E-state index contributed by atoms with van der Waals surface area (Å²) in [5, 5.41) is 9.98. The van der Waals surface area contributed by atoms with E-state index in [0.29, 0.717) is 6.10 Å². The predicted molar refractivity (Wildman–Crippen MR) is 61.5 cm³/mol. The minimum atomic E-state index is -0.604. The fraction of sp³-hybridized carbons (Fsp3) is 0.538. The van der Waals surface area contributed by atoms with E-state index in [1.54, 1.807) is 7.11 Å². The van der Waals surface area contributed by atoms with Crippen molar-refractivity contribution in [2.75, 3.05) is 7.11 Å². The maximum absolute atomic E-state index is 9.98. The third-order valence-electron chi connectivity index (χ3n) is 2.84. The number of rotatable bonds is 5. The Bertz CT molecular complexity index is 347. The van der Waals surface area contributed by atoms with Gasteiger partial charge in [0.15, 0.2) is 0 Å². The van der Waals surface area contributed by atoms with Crippen molar-refractivity contribution in [3.63, 3.8) is 0 Å². The molecule has 1 fully saturated rings. The molecule has 0 radical (unpaired) electrons. The Hall–Kier alpha value is -1.06. The number of aliphatic hydroxyl groups is 1. The molecule has 3 nitrogen and oxygen atoms in total. The zero-order chi connectivity index (χ0) is 11.5. The van der Waals surface area contributed by atoms with Gasteiger partial charge in [0, 0.05) is 7.11 Å². The van der Waals surface area contributed by atoms with E-state index in [1.165, 1.54) is 0 Å². The summed E-state index contributed by atoms with van der Waals surface area (Å²) < 4.78 is 10.8. The van der Waals surface area contributed by atoms with Gasteiger partial charge < -0.3 is 14.6 Å². The average Bonchev–Trinajstić information content (AvgIpc) is 3.11. The fourth-order valence-corrected chi connectivity index (χ4v) is 1.55. The first-order valence-electron chi connectivity index (χ1n) is 5.68. The van der Waals surface area contributed by atoms with Gasteiger partial charge in [-0.25, -0.2) is 0 Å². The van der Waals surface area contributed by atoms with E-state index < -0.39 is 6.10 Å². The number of methoxy groups -OCH3 is 1. The summed E-state index contributed by atoms with van der Waals surface area (Å²) in [4.78, 5) is 0. The SMILES string of the molecule is COC(C)C(O)c1cccc(OC2CC2)c1. The van der Waals surface area contributed by atoms with Crippen molar-refractivity contribution in [3.05, 3.63) is 29.8 Å². The smallest absolute Gasteiger partial charge is 0.120 e. The minimum absolute atomic E-state index is 0.212. The van der Waals surface area contributed by atoms with Crippen molar-refractivity contribution in [1.29, 1.82) is 0 Å². The lowest BCUT2D eigenvalue weighted by Gasteiger charge is -2.18. The van der Waals surface area contributed by atoms with E-state index in [2.05, 4.69) is 0 Å². The van der Waals surface area contributed by atoms with Crippen LogP contribution in [0.25, 0.3) is 0 Å². The predicted octanol–water partition coefficient (Wildman–Crippen LogP) is 2.30. The molecule has 0 aliphatic heterocycles. The monoisotopic (exact) mass is 222 g/mol. The van der Waals surface area contributed by atoms with Gasteiger partial charge in [0.05, 0.1) is 12.2 Å². The minimum Gasteiger partial charge on any atom is -0.490 e. The van der Waals surface area contributed by atoms with E-state index in [-0.39, 0.29) is 6.10 Å². The number of hydrogen-bond donors (Lipinski definition) is 1. The highest BCUT2D eigenvalue weighted by atomic mass is 16.5. The van der Waals surface area contributed by atoms with Crippen LogP contribution in [0.2, 0.25) is 0 Å². The van der Waals surface area contributed by atoms with Gasteiger partial charge in [0.2, 0.25) is 0 Å². The third kappa shape index (κ3) is 2.74. The summed E-state index contributed by atoms with van der Waals surface area (Å²) >= 11 is 0. The second kappa shape index (κ2) is 4.85. The Labute approximate surface area is 96.0 Å². The molecule has 1 aromatic carbocycles. The van der Waals surface area contributed by atoms with Gasteiger partial charge in [-0.3, -0.25) is 0 Å². The topological polar surface area (TPSA) is 38.7 Å². The molecule has 1 N–H and O–H groups in total. The first-order valence-corrected chi connectivity index (χ1v) is 5.68. The number of aliphatic hydroxyl groups excluding tert-OH is 1. The molecule has 2 rings (SSSR count). The van der Waals surface area contributed by atoms with Gasteiger partial charge in [-0.1, -0.05) is 12.1 Å². The quantitative estimate of drug-likeness (QED) is 0.830. The molecule has 88 valence electrons. The number of hydrogen-bond acceptors (Lipinski definition) is 3. The van der Waals surface area contributed by atoms with Crippen LogP contribution in [0.15, 0.2) is 24.3 Å². The van der Waals surface area contributed by atoms with Crippen LogP contribution in [0, 0.1) is 0 Å². The van der Waals surface area contributed by atoms with Crippen LogP contribution < -0.4 is 4.74 Å². The molecule has 2 unspecified atom stereocenters. The molecule has 1 saturated carbocycles. The number of ether oxygens (including phenoxy) is 2. The van der Waals surface area contributed by atoms with Crippen LogP contribution in [0.4, 0.5) is 0 Å². The summed E-state index contributed by atoms with van der Waals surface area (Å²) in [6.07, 6.45) is 1.85. The van der Waals surface area contributed by atoms with E-state index in [9.17, 15) is 5.11 Å². The fourth-order valence-electron chi connectivity index (χ4n) is 1.55. The lowest BCUT2D eigenvalue weighted by atomic mass is 10.1. The molecular formula is C13H18O3. The third-order valence-corrected chi connectivity index (χ3v) is 2.84. The van der Waals surface area contributed by atoms with Crippen LogP contribution >= 0.6 is 0 Å². The lowest BCUT2D eigenvalue weighted by molar-refractivity contribution is -0.00153. The van der Waals surface area contributed by atoms with Crippen molar-refractivity contribution in [3.8, 4) is 5.75 Å². The first-order chi connectivity index (χ1) is 7.70. The summed E-state index contributed by atoms with van der Waals surface area (Å²) in [6, 6.07) is 7.60. The van der Waals surface area contributed by atoms with Gasteiger partial charge in [-0.15, -0.1) is 0 Å². The standard InChI is InChI=1S/C13H18O3/c1-9(15-2)13(14)10-4-3-5-12(8-10)16-11-6-7-11/h3-5,8-9,11,13-14H,6-7H2,1-2H3. The average molecular weight is 222 g/mol. The van der Waals surface area contributed by atoms with Crippen molar-refractivity contribution in [1.82, 2.24) is 0 Å². The Morgan fingerprint density at radius 1 is 1.38 bits per heavy atom. The van der Waals surface area contributed by atoms with Gasteiger partial charge in [-0.05, 0) is 37.5 Å². The van der Waals surface area contributed by atoms with Crippen LogP contribution in [0.3, 0.4) is 0 Å². The Morgan fingerprint density at radius 3 is 2.75 bits per heavy atom.